The van der Waals surface area contributed by atoms with Gasteiger partial charge in [-0.25, -0.2) is 0 Å². The first kappa shape index (κ1) is 15.6. The summed E-state index contributed by atoms with van der Waals surface area (Å²) in [4.78, 5) is 12.2. The van der Waals surface area contributed by atoms with E-state index in [1.54, 1.807) is 12.1 Å². The maximum Gasteiger partial charge on any atom is 0.244 e. The molecule has 0 saturated carbocycles. The van der Waals surface area contributed by atoms with Crippen molar-refractivity contribution in [3.63, 3.8) is 0 Å². The Morgan fingerprint density at radius 1 is 1.30 bits per heavy atom. The summed E-state index contributed by atoms with van der Waals surface area (Å²) in [5, 5.41) is 3.70. The summed E-state index contributed by atoms with van der Waals surface area (Å²) in [5.41, 5.74) is 3.10. The fourth-order valence-electron chi connectivity index (χ4n) is 2.67. The molecule has 0 fully saturated rings. The van der Waals surface area contributed by atoms with Gasteiger partial charge in [0.2, 0.25) is 5.91 Å². The summed E-state index contributed by atoms with van der Waals surface area (Å²) in [6, 6.07) is 13.4. The second-order valence-corrected chi connectivity index (χ2v) is 6.06. The Morgan fingerprint density at radius 2 is 2.17 bits per heavy atom. The number of aryl methyl sites for hydroxylation is 1. The summed E-state index contributed by atoms with van der Waals surface area (Å²) in [7, 11) is 0. The molecule has 1 N–H and O–H groups in total. The van der Waals surface area contributed by atoms with Crippen LogP contribution in [0.1, 0.15) is 29.2 Å². The molecule has 1 aliphatic rings. The van der Waals surface area contributed by atoms with E-state index < -0.39 is 0 Å². The number of halogens is 1. The molecule has 1 aliphatic heterocycles. The van der Waals surface area contributed by atoms with Gasteiger partial charge in [-0.1, -0.05) is 41.4 Å². The number of nitrogens with one attached hydrogen (secondary N) is 1. The minimum atomic E-state index is -0.121. The Balaban J connectivity index is 1.71. The third-order valence-corrected chi connectivity index (χ3v) is 4.03. The van der Waals surface area contributed by atoms with Gasteiger partial charge in [0.1, 0.15) is 5.75 Å². The average Bonchev–Trinajstić information content (AvgIpc) is 2.54. The molecule has 0 saturated heterocycles. The standard InChI is InChI=1S/C19H18ClNO2/c1-13-5-7-18-16(11-13)17(9-10-23-18)21-19(22)8-6-14-3-2-4-15(20)12-14/h2-8,11-12,17H,9-10H2,1H3,(H,21,22)/b8-6+. The fourth-order valence-corrected chi connectivity index (χ4v) is 2.86. The Labute approximate surface area is 140 Å². The Bertz CT molecular complexity index is 755. The third-order valence-electron chi connectivity index (χ3n) is 3.80. The number of ether oxygens (including phenoxy) is 1. The predicted octanol–water partition coefficient (Wildman–Crippen LogP) is 4.30. The normalized spacial score (nSPS) is 16.7. The Hall–Kier alpha value is -2.26. The second kappa shape index (κ2) is 6.88. The van der Waals surface area contributed by atoms with E-state index in [1.807, 2.05) is 37.3 Å². The van der Waals surface area contributed by atoms with E-state index in [9.17, 15) is 4.79 Å². The smallest absolute Gasteiger partial charge is 0.244 e. The van der Waals surface area contributed by atoms with E-state index in [0.717, 1.165) is 28.9 Å². The number of benzene rings is 2. The zero-order valence-corrected chi connectivity index (χ0v) is 13.6. The first-order valence-electron chi connectivity index (χ1n) is 7.59. The van der Waals surface area contributed by atoms with Gasteiger partial charge in [0.05, 0.1) is 12.6 Å². The molecule has 1 atom stereocenters. The van der Waals surface area contributed by atoms with Crippen molar-refractivity contribution in [3.05, 3.63) is 70.3 Å². The lowest BCUT2D eigenvalue weighted by Crippen LogP contribution is -2.31. The van der Waals surface area contributed by atoms with Crippen LogP contribution in [0.3, 0.4) is 0 Å². The molecular formula is C19H18ClNO2. The van der Waals surface area contributed by atoms with Crippen molar-refractivity contribution in [2.24, 2.45) is 0 Å². The number of carbonyl (C=O) groups is 1. The van der Waals surface area contributed by atoms with Crippen molar-refractivity contribution in [3.8, 4) is 5.75 Å². The van der Waals surface area contributed by atoms with Crippen LogP contribution < -0.4 is 10.1 Å². The van der Waals surface area contributed by atoms with Crippen LogP contribution in [-0.4, -0.2) is 12.5 Å². The monoisotopic (exact) mass is 327 g/mol. The van der Waals surface area contributed by atoms with Crippen molar-refractivity contribution in [2.75, 3.05) is 6.61 Å². The number of carbonyl (C=O) groups excluding carboxylic acids is 1. The fraction of sp³-hybridized carbons (Fsp3) is 0.211. The topological polar surface area (TPSA) is 38.3 Å². The van der Waals surface area contributed by atoms with Crippen molar-refractivity contribution in [1.82, 2.24) is 5.32 Å². The van der Waals surface area contributed by atoms with Crippen LogP contribution >= 0.6 is 11.6 Å². The van der Waals surface area contributed by atoms with Crippen LogP contribution in [0.2, 0.25) is 5.02 Å². The summed E-state index contributed by atoms with van der Waals surface area (Å²) in [5.74, 6) is 0.732. The van der Waals surface area contributed by atoms with Crippen LogP contribution in [-0.2, 0) is 4.79 Å². The highest BCUT2D eigenvalue weighted by Gasteiger charge is 2.22. The van der Waals surface area contributed by atoms with E-state index in [-0.39, 0.29) is 11.9 Å². The van der Waals surface area contributed by atoms with Crippen LogP contribution in [0, 0.1) is 6.92 Å². The molecule has 2 aromatic carbocycles. The minimum absolute atomic E-state index is 0.0184. The first-order valence-corrected chi connectivity index (χ1v) is 7.97. The highest BCUT2D eigenvalue weighted by atomic mass is 35.5. The molecular weight excluding hydrogens is 310 g/mol. The molecule has 1 amide bonds. The number of hydrogen-bond donors (Lipinski definition) is 1. The van der Waals surface area contributed by atoms with Crippen molar-refractivity contribution in [2.45, 2.75) is 19.4 Å². The van der Waals surface area contributed by atoms with Gasteiger partial charge in [0, 0.05) is 23.1 Å². The molecule has 118 valence electrons. The number of fused-ring (bicyclic) bond motifs is 1. The maximum absolute atomic E-state index is 12.2. The largest absolute Gasteiger partial charge is 0.493 e. The molecule has 3 nitrogen and oxygen atoms in total. The van der Waals surface area contributed by atoms with Gasteiger partial charge in [-0.2, -0.15) is 0 Å². The molecule has 0 aromatic heterocycles. The SMILES string of the molecule is Cc1ccc2c(c1)C(NC(=O)/C=C/c1cccc(Cl)c1)CCO2. The van der Waals surface area contributed by atoms with Crippen LogP contribution in [0.15, 0.2) is 48.5 Å². The lowest BCUT2D eigenvalue weighted by atomic mass is 9.98. The summed E-state index contributed by atoms with van der Waals surface area (Å²) < 4.78 is 5.65. The molecule has 0 aliphatic carbocycles. The van der Waals surface area contributed by atoms with Gasteiger partial charge in [-0.05, 0) is 36.8 Å². The maximum atomic E-state index is 12.2. The molecule has 0 spiro atoms. The third kappa shape index (κ3) is 3.93. The molecule has 1 heterocycles. The van der Waals surface area contributed by atoms with Gasteiger partial charge in [0.15, 0.2) is 0 Å². The van der Waals surface area contributed by atoms with E-state index >= 15 is 0 Å². The summed E-state index contributed by atoms with van der Waals surface area (Å²) in [6.07, 6.45) is 4.07. The molecule has 3 rings (SSSR count). The quantitative estimate of drug-likeness (QED) is 0.853. The average molecular weight is 328 g/mol. The molecule has 1 unspecified atom stereocenters. The zero-order chi connectivity index (χ0) is 16.2. The molecule has 0 bridgehead atoms. The van der Waals surface area contributed by atoms with Gasteiger partial charge >= 0.3 is 0 Å². The van der Waals surface area contributed by atoms with Crippen molar-refractivity contribution < 1.29 is 9.53 Å². The van der Waals surface area contributed by atoms with E-state index in [1.165, 1.54) is 6.08 Å². The van der Waals surface area contributed by atoms with Gasteiger partial charge in [0.25, 0.3) is 0 Å². The Morgan fingerprint density at radius 3 is 3.00 bits per heavy atom. The number of hydrogen-bond acceptors (Lipinski definition) is 2. The highest BCUT2D eigenvalue weighted by molar-refractivity contribution is 6.30. The van der Waals surface area contributed by atoms with Crippen LogP contribution in [0.4, 0.5) is 0 Å². The first-order chi connectivity index (χ1) is 11.1. The van der Waals surface area contributed by atoms with Gasteiger partial charge < -0.3 is 10.1 Å². The van der Waals surface area contributed by atoms with E-state index in [0.29, 0.717) is 11.6 Å². The summed E-state index contributed by atoms with van der Waals surface area (Å²) >= 11 is 5.94. The van der Waals surface area contributed by atoms with E-state index in [2.05, 4.69) is 11.4 Å². The molecule has 23 heavy (non-hydrogen) atoms. The van der Waals surface area contributed by atoms with Crippen LogP contribution in [0.5, 0.6) is 5.75 Å². The Kier molecular flexibility index (Phi) is 4.68. The molecule has 2 aromatic rings. The molecule has 4 heteroatoms. The zero-order valence-electron chi connectivity index (χ0n) is 12.9. The van der Waals surface area contributed by atoms with Crippen molar-refractivity contribution >= 4 is 23.6 Å². The summed E-state index contributed by atoms with van der Waals surface area (Å²) in [6.45, 7) is 2.64. The second-order valence-electron chi connectivity index (χ2n) is 5.63. The highest BCUT2D eigenvalue weighted by Crippen LogP contribution is 2.32. The van der Waals surface area contributed by atoms with Gasteiger partial charge in [-0.3, -0.25) is 4.79 Å². The minimum Gasteiger partial charge on any atom is -0.493 e. The van der Waals surface area contributed by atoms with Gasteiger partial charge in [-0.15, -0.1) is 0 Å². The predicted molar refractivity (Wildman–Crippen MR) is 92.7 cm³/mol. The van der Waals surface area contributed by atoms with Crippen molar-refractivity contribution in [1.29, 1.82) is 0 Å². The number of rotatable bonds is 3. The molecule has 0 radical (unpaired) electrons. The lowest BCUT2D eigenvalue weighted by Gasteiger charge is -2.26. The number of amides is 1. The lowest BCUT2D eigenvalue weighted by molar-refractivity contribution is -0.117. The van der Waals surface area contributed by atoms with E-state index in [4.69, 9.17) is 16.3 Å². The van der Waals surface area contributed by atoms with Crippen LogP contribution in [0.25, 0.3) is 6.08 Å².